The second kappa shape index (κ2) is 5.85. The summed E-state index contributed by atoms with van der Waals surface area (Å²) in [6.07, 6.45) is 3.69. The molecule has 3 nitrogen and oxygen atoms in total. The molecule has 0 aliphatic rings. The molecule has 1 unspecified atom stereocenters. The van der Waals surface area contributed by atoms with Gasteiger partial charge >= 0.3 is 0 Å². The summed E-state index contributed by atoms with van der Waals surface area (Å²) in [6.45, 7) is 4.33. The molecule has 0 aliphatic carbocycles. The first-order chi connectivity index (χ1) is 7.11. The Morgan fingerprint density at radius 1 is 1.53 bits per heavy atom. The van der Waals surface area contributed by atoms with Gasteiger partial charge in [0.25, 0.3) is 0 Å². The minimum atomic E-state index is -1.05. The van der Waals surface area contributed by atoms with Gasteiger partial charge in [0.15, 0.2) is 0 Å². The van der Waals surface area contributed by atoms with E-state index in [0.29, 0.717) is 22.4 Å². The van der Waals surface area contributed by atoms with Crippen LogP contribution in [0.5, 0.6) is 0 Å². The lowest BCUT2D eigenvalue weighted by atomic mass is 10.1. The van der Waals surface area contributed by atoms with Crippen molar-refractivity contribution in [3.05, 3.63) is 18.3 Å². The van der Waals surface area contributed by atoms with Crippen LogP contribution < -0.4 is 5.73 Å². The number of nitrogens with zero attached hydrogens (tertiary/aromatic N) is 1. The molecule has 0 aliphatic heterocycles. The minimum Gasteiger partial charge on any atom is -0.396 e. The van der Waals surface area contributed by atoms with E-state index in [9.17, 15) is 4.21 Å². The van der Waals surface area contributed by atoms with Crippen molar-refractivity contribution in [1.82, 2.24) is 4.98 Å². The molecule has 0 spiro atoms. The molecule has 0 amide bonds. The predicted octanol–water partition coefficient (Wildman–Crippen LogP) is 2.21. The number of nitrogens with two attached hydrogens (primary N) is 1. The van der Waals surface area contributed by atoms with Crippen LogP contribution >= 0.6 is 0 Å². The molecule has 0 radical (unpaired) electrons. The van der Waals surface area contributed by atoms with E-state index in [1.807, 2.05) is 0 Å². The number of pyridine rings is 1. The number of aromatic nitrogens is 1. The van der Waals surface area contributed by atoms with Gasteiger partial charge in [-0.25, -0.2) is 4.98 Å². The highest BCUT2D eigenvalue weighted by Crippen LogP contribution is 2.14. The predicted molar refractivity (Wildman–Crippen MR) is 64.0 cm³/mol. The molecule has 4 heteroatoms. The summed E-state index contributed by atoms with van der Waals surface area (Å²) in [5.41, 5.74) is 6.23. The lowest BCUT2D eigenvalue weighted by molar-refractivity contribution is 0.575. The topological polar surface area (TPSA) is 56.0 Å². The Bertz CT molecular complexity index is 339. The maximum absolute atomic E-state index is 11.8. The summed E-state index contributed by atoms with van der Waals surface area (Å²) < 4.78 is 11.8. The van der Waals surface area contributed by atoms with E-state index in [-0.39, 0.29) is 0 Å². The zero-order valence-corrected chi connectivity index (χ0v) is 10.1. The summed E-state index contributed by atoms with van der Waals surface area (Å²) in [5, 5.41) is 0.529. The number of hydrogen-bond acceptors (Lipinski definition) is 3. The Morgan fingerprint density at radius 3 is 2.87 bits per heavy atom. The van der Waals surface area contributed by atoms with E-state index in [2.05, 4.69) is 18.8 Å². The van der Waals surface area contributed by atoms with Gasteiger partial charge in [-0.2, -0.15) is 0 Å². The molecule has 15 heavy (non-hydrogen) atoms. The lowest BCUT2D eigenvalue weighted by Crippen LogP contribution is -2.05. The summed E-state index contributed by atoms with van der Waals surface area (Å²) in [6, 6.07) is 3.49. The van der Waals surface area contributed by atoms with E-state index in [0.717, 1.165) is 12.8 Å². The van der Waals surface area contributed by atoms with E-state index in [1.165, 1.54) is 0 Å². The minimum absolute atomic E-state index is 0.528. The van der Waals surface area contributed by atoms with Crippen molar-refractivity contribution in [2.24, 2.45) is 5.92 Å². The number of nitrogen functional groups attached to an aromatic ring is 1. The third-order valence-electron chi connectivity index (χ3n) is 2.13. The fraction of sp³-hybridized carbons (Fsp3) is 0.545. The largest absolute Gasteiger partial charge is 0.396 e. The summed E-state index contributed by atoms with van der Waals surface area (Å²) in [4.78, 5) is 4.05. The molecule has 84 valence electrons. The molecule has 0 saturated heterocycles. The molecule has 0 fully saturated rings. The highest BCUT2D eigenvalue weighted by Gasteiger charge is 2.08. The van der Waals surface area contributed by atoms with Crippen LogP contribution in [-0.2, 0) is 10.8 Å². The molecule has 0 saturated carbocycles. The summed E-state index contributed by atoms with van der Waals surface area (Å²) in [7, 11) is -1.05. The van der Waals surface area contributed by atoms with Gasteiger partial charge in [-0.1, -0.05) is 20.3 Å². The van der Waals surface area contributed by atoms with Crippen LogP contribution in [0.15, 0.2) is 23.4 Å². The first-order valence-corrected chi connectivity index (χ1v) is 6.52. The monoisotopic (exact) mass is 226 g/mol. The molecule has 1 atom stereocenters. The standard InChI is InChI=1S/C11H18N2OS/c1-9(2)5-4-8-15(14)11-10(12)6-3-7-13-11/h3,6-7,9H,4-5,8,12H2,1-2H3. The van der Waals surface area contributed by atoms with Crippen molar-refractivity contribution in [1.29, 1.82) is 0 Å². The Balaban J connectivity index is 2.51. The molecule has 0 bridgehead atoms. The van der Waals surface area contributed by atoms with Crippen LogP contribution in [0.2, 0.25) is 0 Å². The Hall–Kier alpha value is -0.900. The first-order valence-electron chi connectivity index (χ1n) is 5.20. The van der Waals surface area contributed by atoms with Gasteiger partial charge in [0.05, 0.1) is 16.5 Å². The second-order valence-corrected chi connectivity index (χ2v) is 5.47. The van der Waals surface area contributed by atoms with E-state index in [4.69, 9.17) is 5.73 Å². The van der Waals surface area contributed by atoms with Gasteiger partial charge in [-0.05, 0) is 24.5 Å². The molecule has 1 aromatic heterocycles. The molecular formula is C11H18N2OS. The number of hydrogen-bond donors (Lipinski definition) is 1. The van der Waals surface area contributed by atoms with Gasteiger partial charge in [0.2, 0.25) is 0 Å². The van der Waals surface area contributed by atoms with E-state index < -0.39 is 10.8 Å². The van der Waals surface area contributed by atoms with Gasteiger partial charge in [-0.3, -0.25) is 4.21 Å². The summed E-state index contributed by atoms with van der Waals surface area (Å²) in [5.74, 6) is 1.31. The van der Waals surface area contributed by atoms with Gasteiger partial charge < -0.3 is 5.73 Å². The van der Waals surface area contributed by atoms with Gasteiger partial charge in [0.1, 0.15) is 5.03 Å². The van der Waals surface area contributed by atoms with Crippen LogP contribution in [0, 0.1) is 5.92 Å². The van der Waals surface area contributed by atoms with Crippen molar-refractivity contribution in [2.75, 3.05) is 11.5 Å². The van der Waals surface area contributed by atoms with Crippen LogP contribution in [0.3, 0.4) is 0 Å². The van der Waals surface area contributed by atoms with Crippen molar-refractivity contribution in [3.63, 3.8) is 0 Å². The zero-order valence-electron chi connectivity index (χ0n) is 9.27. The Kier molecular flexibility index (Phi) is 4.75. The maximum atomic E-state index is 11.8. The smallest absolute Gasteiger partial charge is 0.150 e. The maximum Gasteiger partial charge on any atom is 0.150 e. The van der Waals surface area contributed by atoms with Crippen LogP contribution in [0.25, 0.3) is 0 Å². The van der Waals surface area contributed by atoms with E-state index >= 15 is 0 Å². The average molecular weight is 226 g/mol. The molecular weight excluding hydrogens is 208 g/mol. The summed E-state index contributed by atoms with van der Waals surface area (Å²) >= 11 is 0. The number of anilines is 1. The highest BCUT2D eigenvalue weighted by atomic mass is 32.2. The van der Waals surface area contributed by atoms with Crippen molar-refractivity contribution in [3.8, 4) is 0 Å². The van der Waals surface area contributed by atoms with E-state index in [1.54, 1.807) is 18.3 Å². The fourth-order valence-electron chi connectivity index (χ4n) is 1.31. The van der Waals surface area contributed by atoms with Gasteiger partial charge in [-0.15, -0.1) is 0 Å². The quantitative estimate of drug-likeness (QED) is 0.837. The van der Waals surface area contributed by atoms with Crippen molar-refractivity contribution in [2.45, 2.75) is 31.7 Å². The van der Waals surface area contributed by atoms with Crippen LogP contribution in [0.1, 0.15) is 26.7 Å². The average Bonchev–Trinajstić information content (AvgIpc) is 2.17. The third kappa shape index (κ3) is 4.00. The van der Waals surface area contributed by atoms with Crippen molar-refractivity contribution >= 4 is 16.5 Å². The zero-order chi connectivity index (χ0) is 11.3. The molecule has 0 aromatic carbocycles. The SMILES string of the molecule is CC(C)CCCS(=O)c1ncccc1N. The number of rotatable bonds is 5. The Morgan fingerprint density at radius 2 is 2.27 bits per heavy atom. The first kappa shape index (κ1) is 12.2. The second-order valence-electron chi connectivity index (χ2n) is 3.98. The molecule has 1 rings (SSSR count). The van der Waals surface area contributed by atoms with Gasteiger partial charge in [0, 0.05) is 11.9 Å². The normalized spacial score (nSPS) is 13.0. The molecule has 1 aromatic rings. The molecule has 1 heterocycles. The van der Waals surface area contributed by atoms with Crippen molar-refractivity contribution < 1.29 is 4.21 Å². The third-order valence-corrected chi connectivity index (χ3v) is 3.56. The fourth-order valence-corrected chi connectivity index (χ4v) is 2.44. The Labute approximate surface area is 93.6 Å². The highest BCUT2D eigenvalue weighted by molar-refractivity contribution is 7.85. The molecule has 2 N–H and O–H groups in total. The lowest BCUT2D eigenvalue weighted by Gasteiger charge is -2.05. The van der Waals surface area contributed by atoms with Crippen LogP contribution in [0.4, 0.5) is 5.69 Å². The van der Waals surface area contributed by atoms with Crippen LogP contribution in [-0.4, -0.2) is 14.9 Å².